The number of rotatable bonds is 6. The molecule has 0 spiro atoms. The molecule has 134 valence electrons. The van der Waals surface area contributed by atoms with Crippen molar-refractivity contribution in [3.63, 3.8) is 0 Å². The fourth-order valence-corrected chi connectivity index (χ4v) is 3.73. The van der Waals surface area contributed by atoms with Crippen LogP contribution in [0.3, 0.4) is 0 Å². The molecule has 1 N–H and O–H groups in total. The minimum absolute atomic E-state index is 0.0445. The Morgan fingerprint density at radius 3 is 2.68 bits per heavy atom. The maximum absolute atomic E-state index is 12.3. The van der Waals surface area contributed by atoms with Gasteiger partial charge in [-0.25, -0.2) is 4.79 Å². The number of amides is 2. The van der Waals surface area contributed by atoms with Crippen LogP contribution in [0, 0.1) is 6.92 Å². The number of urea groups is 1. The van der Waals surface area contributed by atoms with Crippen LogP contribution in [0.5, 0.6) is 0 Å². The third kappa shape index (κ3) is 4.95. The van der Waals surface area contributed by atoms with E-state index in [9.17, 15) is 4.79 Å². The molecule has 1 aromatic heterocycles. The summed E-state index contributed by atoms with van der Waals surface area (Å²) in [6, 6.07) is 12.3. The second-order valence-corrected chi connectivity index (χ2v) is 7.23. The number of thioether (sulfide) groups is 1. The van der Waals surface area contributed by atoms with Gasteiger partial charge in [-0.15, -0.1) is 0 Å². The number of anilines is 1. The van der Waals surface area contributed by atoms with Crippen LogP contribution in [0.4, 0.5) is 10.5 Å². The van der Waals surface area contributed by atoms with Gasteiger partial charge in [0.1, 0.15) is 5.76 Å². The Bertz CT molecular complexity index is 667. The van der Waals surface area contributed by atoms with Gasteiger partial charge in [-0.1, -0.05) is 18.2 Å². The summed E-state index contributed by atoms with van der Waals surface area (Å²) in [6.07, 6.45) is 1.69. The van der Waals surface area contributed by atoms with Gasteiger partial charge in [0.15, 0.2) is 0 Å². The molecule has 0 unspecified atom stereocenters. The Labute approximate surface area is 153 Å². The monoisotopic (exact) mass is 359 g/mol. The van der Waals surface area contributed by atoms with Crippen LogP contribution in [0.1, 0.15) is 11.3 Å². The second kappa shape index (κ2) is 8.85. The molecule has 1 aromatic carbocycles. The van der Waals surface area contributed by atoms with Gasteiger partial charge in [0.2, 0.25) is 0 Å². The summed E-state index contributed by atoms with van der Waals surface area (Å²) in [7, 11) is 0. The maximum atomic E-state index is 12.3. The van der Waals surface area contributed by atoms with Crippen LogP contribution in [-0.4, -0.2) is 49.4 Å². The Morgan fingerprint density at radius 1 is 1.16 bits per heavy atom. The topological polar surface area (TPSA) is 48.7 Å². The molecular formula is C19H25N3O2S. The summed E-state index contributed by atoms with van der Waals surface area (Å²) >= 11 is 1.76. The molecular weight excluding hydrogens is 334 g/mol. The number of benzene rings is 1. The fraction of sp³-hybridized carbons (Fsp3) is 0.421. The van der Waals surface area contributed by atoms with E-state index < -0.39 is 0 Å². The number of nitrogens with zero attached hydrogens (tertiary/aromatic N) is 2. The third-order valence-electron chi connectivity index (χ3n) is 4.37. The molecule has 1 aliphatic heterocycles. The van der Waals surface area contributed by atoms with Crippen molar-refractivity contribution in [3.05, 3.63) is 54.0 Å². The summed E-state index contributed by atoms with van der Waals surface area (Å²) in [5.74, 6) is 2.71. The van der Waals surface area contributed by atoms with Crippen LogP contribution in [0.25, 0.3) is 0 Å². The second-order valence-electron chi connectivity index (χ2n) is 6.12. The highest BCUT2D eigenvalue weighted by Crippen LogP contribution is 2.20. The van der Waals surface area contributed by atoms with E-state index in [2.05, 4.69) is 41.4 Å². The first kappa shape index (κ1) is 17.7. The molecule has 2 aromatic rings. The largest absolute Gasteiger partial charge is 0.468 e. The highest BCUT2D eigenvalue weighted by molar-refractivity contribution is 7.98. The number of furan rings is 1. The van der Waals surface area contributed by atoms with Gasteiger partial charge < -0.3 is 19.5 Å². The lowest BCUT2D eigenvalue weighted by Gasteiger charge is -2.36. The number of hydrogen-bond donors (Lipinski definition) is 1. The van der Waals surface area contributed by atoms with Gasteiger partial charge in [0, 0.05) is 44.2 Å². The molecule has 2 amide bonds. The number of nitrogens with one attached hydrogen (secondary N) is 1. The Balaban J connectivity index is 1.35. The molecule has 0 aliphatic carbocycles. The fourth-order valence-electron chi connectivity index (χ4n) is 2.98. The van der Waals surface area contributed by atoms with Gasteiger partial charge in [-0.05, 0) is 30.7 Å². The van der Waals surface area contributed by atoms with Crippen molar-refractivity contribution in [2.24, 2.45) is 0 Å². The normalized spacial score (nSPS) is 14.6. The zero-order valence-corrected chi connectivity index (χ0v) is 15.4. The van der Waals surface area contributed by atoms with E-state index >= 15 is 0 Å². The van der Waals surface area contributed by atoms with Crippen LogP contribution in [0.2, 0.25) is 0 Å². The molecule has 1 fully saturated rings. The number of piperazine rings is 1. The smallest absolute Gasteiger partial charge is 0.317 e. The summed E-state index contributed by atoms with van der Waals surface area (Å²) < 4.78 is 5.29. The summed E-state index contributed by atoms with van der Waals surface area (Å²) in [6.45, 7) is 6.10. The lowest BCUT2D eigenvalue weighted by atomic mass is 10.1. The number of carbonyl (C=O) groups excluding carboxylic acids is 1. The van der Waals surface area contributed by atoms with Crippen molar-refractivity contribution in [1.29, 1.82) is 0 Å². The van der Waals surface area contributed by atoms with Crippen molar-refractivity contribution in [3.8, 4) is 0 Å². The van der Waals surface area contributed by atoms with Gasteiger partial charge in [-0.2, -0.15) is 11.8 Å². The first-order valence-electron chi connectivity index (χ1n) is 8.67. The van der Waals surface area contributed by atoms with Gasteiger partial charge >= 0.3 is 6.03 Å². The molecule has 0 atom stereocenters. The van der Waals surface area contributed by atoms with Gasteiger partial charge in [0.25, 0.3) is 0 Å². The van der Waals surface area contributed by atoms with E-state index in [1.54, 1.807) is 18.0 Å². The Morgan fingerprint density at radius 2 is 1.96 bits per heavy atom. The highest BCUT2D eigenvalue weighted by atomic mass is 32.2. The SMILES string of the molecule is Cc1ccccc1N1CCN(C(=O)NCCSCc2ccco2)CC1. The lowest BCUT2D eigenvalue weighted by molar-refractivity contribution is 0.195. The van der Waals surface area contributed by atoms with Crippen LogP contribution in [0.15, 0.2) is 47.1 Å². The highest BCUT2D eigenvalue weighted by Gasteiger charge is 2.21. The van der Waals surface area contributed by atoms with Gasteiger partial charge in [0.05, 0.1) is 12.0 Å². The standard InChI is InChI=1S/C19H25N3O2S/c1-16-5-2-3-7-18(16)21-9-11-22(12-10-21)19(23)20-8-14-25-15-17-6-4-13-24-17/h2-7,13H,8-12,14-15H2,1H3,(H,20,23). The zero-order valence-electron chi connectivity index (χ0n) is 14.6. The minimum atomic E-state index is 0.0445. The molecule has 0 bridgehead atoms. The van der Waals surface area contributed by atoms with E-state index in [0.717, 1.165) is 43.4 Å². The molecule has 1 saturated heterocycles. The minimum Gasteiger partial charge on any atom is -0.468 e. The van der Waals surface area contributed by atoms with Crippen molar-refractivity contribution < 1.29 is 9.21 Å². The summed E-state index contributed by atoms with van der Waals surface area (Å²) in [5.41, 5.74) is 2.56. The maximum Gasteiger partial charge on any atom is 0.317 e. The average Bonchev–Trinajstić information content (AvgIpc) is 3.15. The van der Waals surface area contributed by atoms with Crippen molar-refractivity contribution in [2.75, 3.05) is 43.4 Å². The van der Waals surface area contributed by atoms with Crippen molar-refractivity contribution in [2.45, 2.75) is 12.7 Å². The average molecular weight is 359 g/mol. The molecule has 0 saturated carbocycles. The molecule has 6 heteroatoms. The first-order chi connectivity index (χ1) is 12.2. The number of aryl methyl sites for hydroxylation is 1. The quantitative estimate of drug-likeness (QED) is 0.804. The zero-order chi connectivity index (χ0) is 17.5. The van der Waals surface area contributed by atoms with Crippen molar-refractivity contribution in [1.82, 2.24) is 10.2 Å². The number of para-hydroxylation sites is 1. The van der Waals surface area contributed by atoms with Crippen LogP contribution in [-0.2, 0) is 5.75 Å². The number of carbonyl (C=O) groups is 1. The third-order valence-corrected chi connectivity index (χ3v) is 5.35. The summed E-state index contributed by atoms with van der Waals surface area (Å²) in [5, 5.41) is 3.02. The van der Waals surface area contributed by atoms with Gasteiger partial charge in [-0.3, -0.25) is 0 Å². The molecule has 3 rings (SSSR count). The predicted molar refractivity (Wildman–Crippen MR) is 103 cm³/mol. The first-order valence-corrected chi connectivity index (χ1v) is 9.83. The van der Waals surface area contributed by atoms with E-state index in [4.69, 9.17) is 4.42 Å². The van der Waals surface area contributed by atoms with Crippen LogP contribution < -0.4 is 10.2 Å². The molecule has 0 radical (unpaired) electrons. The van der Waals surface area contributed by atoms with E-state index in [0.29, 0.717) is 6.54 Å². The van der Waals surface area contributed by atoms with E-state index in [-0.39, 0.29) is 6.03 Å². The predicted octanol–water partition coefficient (Wildman–Crippen LogP) is 3.35. The summed E-state index contributed by atoms with van der Waals surface area (Å²) in [4.78, 5) is 16.5. The molecule has 25 heavy (non-hydrogen) atoms. The Kier molecular flexibility index (Phi) is 6.28. The Hall–Kier alpha value is -2.08. The molecule has 2 heterocycles. The molecule has 1 aliphatic rings. The molecule has 5 nitrogen and oxygen atoms in total. The van der Waals surface area contributed by atoms with Crippen LogP contribution >= 0.6 is 11.8 Å². The number of hydrogen-bond acceptors (Lipinski definition) is 4. The van der Waals surface area contributed by atoms with E-state index in [1.807, 2.05) is 17.0 Å². The lowest BCUT2D eigenvalue weighted by Crippen LogP contribution is -2.52. The van der Waals surface area contributed by atoms with Crippen molar-refractivity contribution >= 4 is 23.5 Å². The van der Waals surface area contributed by atoms with E-state index in [1.165, 1.54) is 11.3 Å².